The molecule has 1 aliphatic heterocycles. The van der Waals surface area contributed by atoms with E-state index >= 15 is 0 Å². The van der Waals surface area contributed by atoms with Crippen molar-refractivity contribution in [2.75, 3.05) is 6.61 Å². The van der Waals surface area contributed by atoms with Crippen LogP contribution in [0.2, 0.25) is 0 Å². The second-order valence-electron chi connectivity index (χ2n) is 7.35. The molecule has 0 bridgehead atoms. The minimum absolute atomic E-state index is 0.274. The number of amides is 1. The highest BCUT2D eigenvalue weighted by molar-refractivity contribution is 5.66. The maximum atomic E-state index is 11.7. The number of pyridine rings is 1. The second-order valence-corrected chi connectivity index (χ2v) is 7.35. The van der Waals surface area contributed by atoms with Crippen LogP contribution in [-0.4, -0.2) is 39.3 Å². The minimum Gasteiger partial charge on any atom is -0.491 e. The Morgan fingerprint density at radius 3 is 2.74 bits per heavy atom. The molecule has 0 fully saturated rings. The Balaban J connectivity index is 1.83. The van der Waals surface area contributed by atoms with Crippen LogP contribution in [0.5, 0.6) is 17.2 Å². The predicted octanol–water partition coefficient (Wildman–Crippen LogP) is 3.83. The fourth-order valence-corrected chi connectivity index (χ4v) is 3.25. The molecule has 0 saturated carbocycles. The van der Waals surface area contributed by atoms with E-state index in [1.165, 1.54) is 11.1 Å². The molecule has 1 aliphatic rings. The molecule has 2 heterocycles. The Kier molecular flexibility index (Phi) is 4.91. The Morgan fingerprint density at radius 2 is 2.07 bits per heavy atom. The molecule has 0 saturated heterocycles. The van der Waals surface area contributed by atoms with Crippen molar-refractivity contribution < 1.29 is 19.4 Å². The van der Waals surface area contributed by atoms with Crippen LogP contribution in [0.4, 0.5) is 4.79 Å². The Hall–Kier alpha value is -3.27. The van der Waals surface area contributed by atoms with Gasteiger partial charge in [-0.1, -0.05) is 0 Å². The first-order valence-electron chi connectivity index (χ1n) is 8.60. The SMILES string of the molecule is CC(C)(C)N(C(=O)O)C1COc2ccc(Oc3ccnc(C#N)c3)cc2C1. The molecule has 3 rings (SSSR count). The normalized spacial score (nSPS) is 15.9. The van der Waals surface area contributed by atoms with E-state index < -0.39 is 11.6 Å². The van der Waals surface area contributed by atoms with Crippen LogP contribution in [-0.2, 0) is 6.42 Å². The number of ether oxygens (including phenoxy) is 2. The van der Waals surface area contributed by atoms with Crippen molar-refractivity contribution in [1.82, 2.24) is 9.88 Å². The third-order valence-corrected chi connectivity index (χ3v) is 4.29. The smallest absolute Gasteiger partial charge is 0.408 e. The van der Waals surface area contributed by atoms with Crippen molar-refractivity contribution in [2.24, 2.45) is 0 Å². The molecular formula is C20H21N3O4. The fourth-order valence-electron chi connectivity index (χ4n) is 3.25. The maximum absolute atomic E-state index is 11.7. The number of rotatable bonds is 3. The van der Waals surface area contributed by atoms with Crippen molar-refractivity contribution in [3.63, 3.8) is 0 Å². The van der Waals surface area contributed by atoms with E-state index in [4.69, 9.17) is 14.7 Å². The zero-order valence-electron chi connectivity index (χ0n) is 15.5. The highest BCUT2D eigenvalue weighted by atomic mass is 16.5. The van der Waals surface area contributed by atoms with Gasteiger partial charge in [-0.3, -0.25) is 4.90 Å². The van der Waals surface area contributed by atoms with Crippen molar-refractivity contribution in [3.8, 4) is 23.3 Å². The van der Waals surface area contributed by atoms with E-state index in [2.05, 4.69) is 4.98 Å². The highest BCUT2D eigenvalue weighted by Gasteiger charge is 2.36. The summed E-state index contributed by atoms with van der Waals surface area (Å²) < 4.78 is 11.6. The molecule has 7 nitrogen and oxygen atoms in total. The van der Waals surface area contributed by atoms with Gasteiger partial charge in [-0.05, 0) is 50.6 Å². The molecule has 1 unspecified atom stereocenters. The van der Waals surface area contributed by atoms with Gasteiger partial charge in [-0.2, -0.15) is 5.26 Å². The van der Waals surface area contributed by atoms with E-state index in [-0.39, 0.29) is 11.7 Å². The summed E-state index contributed by atoms with van der Waals surface area (Å²) in [7, 11) is 0. The van der Waals surface area contributed by atoms with E-state index in [0.717, 1.165) is 11.3 Å². The largest absolute Gasteiger partial charge is 0.491 e. The summed E-state index contributed by atoms with van der Waals surface area (Å²) in [5, 5.41) is 18.6. The number of benzene rings is 1. The average molecular weight is 367 g/mol. The minimum atomic E-state index is -0.965. The molecule has 7 heteroatoms. The summed E-state index contributed by atoms with van der Waals surface area (Å²) in [6, 6.07) is 10.4. The molecule has 1 atom stereocenters. The van der Waals surface area contributed by atoms with E-state index in [0.29, 0.717) is 24.5 Å². The lowest BCUT2D eigenvalue weighted by Gasteiger charge is -2.41. The molecule has 27 heavy (non-hydrogen) atoms. The van der Waals surface area contributed by atoms with Crippen molar-refractivity contribution in [1.29, 1.82) is 5.26 Å². The van der Waals surface area contributed by atoms with Crippen LogP contribution in [0, 0.1) is 11.3 Å². The van der Waals surface area contributed by atoms with Gasteiger partial charge in [0.2, 0.25) is 0 Å². The molecule has 1 amide bonds. The van der Waals surface area contributed by atoms with E-state index in [1.807, 2.05) is 39.0 Å². The third-order valence-electron chi connectivity index (χ3n) is 4.29. The first-order valence-corrected chi connectivity index (χ1v) is 8.60. The van der Waals surface area contributed by atoms with E-state index in [1.54, 1.807) is 18.2 Å². The van der Waals surface area contributed by atoms with Crippen LogP contribution in [0.25, 0.3) is 0 Å². The van der Waals surface area contributed by atoms with Crippen LogP contribution >= 0.6 is 0 Å². The van der Waals surface area contributed by atoms with Crippen LogP contribution in [0.3, 0.4) is 0 Å². The Bertz CT molecular complexity index is 899. The van der Waals surface area contributed by atoms with Gasteiger partial charge >= 0.3 is 6.09 Å². The Labute approximate surface area is 157 Å². The van der Waals surface area contributed by atoms with Gasteiger partial charge in [0, 0.05) is 24.2 Å². The van der Waals surface area contributed by atoms with Gasteiger partial charge in [0.15, 0.2) is 0 Å². The van der Waals surface area contributed by atoms with Crippen LogP contribution < -0.4 is 9.47 Å². The number of hydrogen-bond acceptors (Lipinski definition) is 5. The maximum Gasteiger partial charge on any atom is 0.408 e. The number of aromatic nitrogens is 1. The third kappa shape index (κ3) is 4.11. The summed E-state index contributed by atoms with van der Waals surface area (Å²) >= 11 is 0. The number of carboxylic acid groups (broad SMARTS) is 1. The highest BCUT2D eigenvalue weighted by Crippen LogP contribution is 2.33. The second kappa shape index (κ2) is 7.16. The first-order chi connectivity index (χ1) is 12.8. The zero-order valence-corrected chi connectivity index (χ0v) is 15.5. The van der Waals surface area contributed by atoms with E-state index in [9.17, 15) is 9.90 Å². The van der Waals surface area contributed by atoms with Gasteiger partial charge in [0.25, 0.3) is 0 Å². The summed E-state index contributed by atoms with van der Waals surface area (Å²) in [5.74, 6) is 1.83. The molecule has 2 aromatic rings. The van der Waals surface area contributed by atoms with Crippen molar-refractivity contribution >= 4 is 6.09 Å². The van der Waals surface area contributed by atoms with Gasteiger partial charge in [-0.25, -0.2) is 9.78 Å². The predicted molar refractivity (Wildman–Crippen MR) is 98.1 cm³/mol. The summed E-state index contributed by atoms with van der Waals surface area (Å²) in [6.45, 7) is 5.91. The van der Waals surface area contributed by atoms with Crippen molar-refractivity contribution in [2.45, 2.75) is 38.8 Å². The molecule has 0 aliphatic carbocycles. The average Bonchev–Trinajstić information content (AvgIpc) is 2.60. The molecule has 0 radical (unpaired) electrons. The zero-order chi connectivity index (χ0) is 19.6. The quantitative estimate of drug-likeness (QED) is 0.886. The number of nitrogens with zero attached hydrogens (tertiary/aromatic N) is 3. The monoisotopic (exact) mass is 367 g/mol. The fraction of sp³-hybridized carbons (Fsp3) is 0.350. The number of hydrogen-bond donors (Lipinski definition) is 1. The molecule has 140 valence electrons. The van der Waals surface area contributed by atoms with Gasteiger partial charge in [-0.15, -0.1) is 0 Å². The van der Waals surface area contributed by atoms with Crippen LogP contribution in [0.1, 0.15) is 32.0 Å². The molecular weight excluding hydrogens is 346 g/mol. The van der Waals surface area contributed by atoms with Gasteiger partial charge in [0.1, 0.15) is 35.6 Å². The molecule has 1 aromatic heterocycles. The Morgan fingerprint density at radius 1 is 1.33 bits per heavy atom. The summed E-state index contributed by atoms with van der Waals surface area (Å²) in [6.07, 6.45) is 1.09. The van der Waals surface area contributed by atoms with Gasteiger partial charge in [0.05, 0.1) is 6.04 Å². The standard InChI is InChI=1S/C20H21N3O4/c1-20(2,3)23(19(24)25)15-8-13-9-16(4-5-18(13)26-12-15)27-17-6-7-22-14(10-17)11-21/h4-7,9-10,15H,8,12H2,1-3H3,(H,24,25). The molecule has 1 aromatic carbocycles. The number of nitriles is 1. The molecule has 0 spiro atoms. The summed E-state index contributed by atoms with van der Waals surface area (Å²) in [4.78, 5) is 17.1. The lowest BCUT2D eigenvalue weighted by Crippen LogP contribution is -2.54. The first kappa shape index (κ1) is 18.5. The van der Waals surface area contributed by atoms with Crippen LogP contribution in [0.15, 0.2) is 36.5 Å². The topological polar surface area (TPSA) is 95.7 Å². The molecule has 1 N–H and O–H groups in total. The number of fused-ring (bicyclic) bond motifs is 1. The number of carbonyl (C=O) groups is 1. The summed E-state index contributed by atoms with van der Waals surface area (Å²) in [5.41, 5.74) is 0.626. The van der Waals surface area contributed by atoms with Gasteiger partial charge < -0.3 is 14.6 Å². The van der Waals surface area contributed by atoms with Crippen molar-refractivity contribution in [3.05, 3.63) is 47.8 Å². The lowest BCUT2D eigenvalue weighted by molar-refractivity contribution is 0.0451. The lowest BCUT2D eigenvalue weighted by atomic mass is 9.96.